The number of fused-ring (bicyclic) bond motifs is 1. The van der Waals surface area contributed by atoms with Gasteiger partial charge in [-0.3, -0.25) is 0 Å². The largest absolute Gasteiger partial charge is 0.504 e. The normalized spacial score (nSPS) is 11.3. The molecule has 114 valence electrons. The lowest BCUT2D eigenvalue weighted by Gasteiger charge is -2.09. The van der Waals surface area contributed by atoms with Crippen molar-refractivity contribution in [1.29, 1.82) is 0 Å². The van der Waals surface area contributed by atoms with Gasteiger partial charge < -0.3 is 14.4 Å². The lowest BCUT2D eigenvalue weighted by Crippen LogP contribution is -2.00. The average Bonchev–Trinajstić information content (AvgIpc) is 2.87. The van der Waals surface area contributed by atoms with E-state index in [1.165, 1.54) is 6.07 Å². The quantitative estimate of drug-likeness (QED) is 0.761. The summed E-state index contributed by atoms with van der Waals surface area (Å²) < 4.78 is 21.7. The molecule has 0 amide bonds. The predicted octanol–water partition coefficient (Wildman–Crippen LogP) is 4.65. The summed E-state index contributed by atoms with van der Waals surface area (Å²) in [5.41, 5.74) is 1.49. The minimum Gasteiger partial charge on any atom is -0.504 e. The molecule has 4 heteroatoms. The number of phenols is 1. The third-order valence-electron chi connectivity index (χ3n) is 3.69. The van der Waals surface area contributed by atoms with Gasteiger partial charge in [0.1, 0.15) is 12.4 Å². The minimum atomic E-state index is -0.236. The van der Waals surface area contributed by atoms with Crippen LogP contribution in [0.5, 0.6) is 11.5 Å². The summed E-state index contributed by atoms with van der Waals surface area (Å²) in [7, 11) is 0. The highest BCUT2D eigenvalue weighted by Gasteiger charge is 2.14. The number of halogens is 1. The first-order chi connectivity index (χ1) is 10.6. The van der Waals surface area contributed by atoms with Gasteiger partial charge in [0.05, 0.1) is 5.52 Å². The molecule has 1 aromatic heterocycles. The number of rotatable bonds is 4. The van der Waals surface area contributed by atoms with Crippen LogP contribution in [0.1, 0.15) is 25.5 Å². The van der Waals surface area contributed by atoms with Crippen LogP contribution in [0.3, 0.4) is 0 Å². The van der Waals surface area contributed by atoms with Crippen LogP contribution in [0.15, 0.2) is 48.7 Å². The smallest absolute Gasteiger partial charge is 0.161 e. The van der Waals surface area contributed by atoms with Crippen LogP contribution in [-0.4, -0.2) is 9.67 Å². The van der Waals surface area contributed by atoms with Gasteiger partial charge in [0.15, 0.2) is 11.5 Å². The van der Waals surface area contributed by atoms with Gasteiger partial charge in [-0.05, 0) is 32.0 Å². The fourth-order valence-electron chi connectivity index (χ4n) is 2.60. The molecule has 0 aliphatic carbocycles. The third kappa shape index (κ3) is 2.52. The van der Waals surface area contributed by atoms with Gasteiger partial charge in [0.2, 0.25) is 0 Å². The molecule has 0 fully saturated rings. The molecule has 3 nitrogen and oxygen atoms in total. The first kappa shape index (κ1) is 14.4. The van der Waals surface area contributed by atoms with E-state index >= 15 is 0 Å². The second-order valence-electron chi connectivity index (χ2n) is 5.55. The summed E-state index contributed by atoms with van der Waals surface area (Å²) in [4.78, 5) is 0. The molecule has 2 aromatic carbocycles. The fraction of sp³-hybridized carbons (Fsp3) is 0.222. The van der Waals surface area contributed by atoms with E-state index in [0.29, 0.717) is 11.3 Å². The van der Waals surface area contributed by atoms with Crippen molar-refractivity contribution in [2.75, 3.05) is 0 Å². The van der Waals surface area contributed by atoms with Crippen molar-refractivity contribution in [3.63, 3.8) is 0 Å². The SMILES string of the molecule is CC(C)n1cc(COc2ccccc2O)c2cccc(F)c21. The molecule has 3 aromatic rings. The second kappa shape index (κ2) is 5.72. The van der Waals surface area contributed by atoms with E-state index in [-0.39, 0.29) is 24.2 Å². The van der Waals surface area contributed by atoms with Crippen LogP contribution in [0.25, 0.3) is 10.9 Å². The van der Waals surface area contributed by atoms with E-state index in [0.717, 1.165) is 10.9 Å². The summed E-state index contributed by atoms with van der Waals surface area (Å²) in [5.74, 6) is 0.283. The number of nitrogens with zero attached hydrogens (tertiary/aromatic N) is 1. The zero-order valence-electron chi connectivity index (χ0n) is 12.6. The maximum atomic E-state index is 14.1. The Kier molecular flexibility index (Phi) is 3.75. The van der Waals surface area contributed by atoms with E-state index in [2.05, 4.69) is 0 Å². The zero-order chi connectivity index (χ0) is 15.7. The van der Waals surface area contributed by atoms with E-state index in [4.69, 9.17) is 4.74 Å². The summed E-state index contributed by atoms with van der Waals surface area (Å²) in [6, 6.07) is 12.0. The van der Waals surface area contributed by atoms with Crippen LogP contribution in [0.2, 0.25) is 0 Å². The van der Waals surface area contributed by atoms with Crippen molar-refractivity contribution in [3.8, 4) is 11.5 Å². The average molecular weight is 299 g/mol. The van der Waals surface area contributed by atoms with E-state index in [1.807, 2.05) is 30.7 Å². The first-order valence-corrected chi connectivity index (χ1v) is 7.26. The van der Waals surface area contributed by atoms with Gasteiger partial charge >= 0.3 is 0 Å². The highest BCUT2D eigenvalue weighted by molar-refractivity contribution is 5.84. The molecular weight excluding hydrogens is 281 g/mol. The zero-order valence-corrected chi connectivity index (χ0v) is 12.6. The highest BCUT2D eigenvalue weighted by atomic mass is 19.1. The van der Waals surface area contributed by atoms with Gasteiger partial charge in [0.25, 0.3) is 0 Å². The number of hydrogen-bond donors (Lipinski definition) is 1. The third-order valence-corrected chi connectivity index (χ3v) is 3.69. The molecule has 1 N–H and O–H groups in total. The topological polar surface area (TPSA) is 34.4 Å². The van der Waals surface area contributed by atoms with Crippen molar-refractivity contribution in [3.05, 3.63) is 60.0 Å². The van der Waals surface area contributed by atoms with Crippen molar-refractivity contribution in [2.45, 2.75) is 26.5 Å². The summed E-state index contributed by atoms with van der Waals surface area (Å²) in [5, 5.41) is 10.6. The number of aromatic nitrogens is 1. The first-order valence-electron chi connectivity index (χ1n) is 7.26. The Balaban J connectivity index is 1.98. The van der Waals surface area contributed by atoms with Crippen molar-refractivity contribution in [2.24, 2.45) is 0 Å². The van der Waals surface area contributed by atoms with Crippen LogP contribution in [0, 0.1) is 5.82 Å². The predicted molar refractivity (Wildman–Crippen MR) is 84.7 cm³/mol. The molecule has 0 radical (unpaired) electrons. The minimum absolute atomic E-state index is 0.0984. The van der Waals surface area contributed by atoms with Crippen LogP contribution in [0.4, 0.5) is 4.39 Å². The molecule has 0 spiro atoms. The lowest BCUT2D eigenvalue weighted by atomic mass is 10.2. The summed E-state index contributed by atoms with van der Waals surface area (Å²) in [6.07, 6.45) is 1.92. The number of benzene rings is 2. The molecule has 0 aliphatic heterocycles. The van der Waals surface area contributed by atoms with Crippen molar-refractivity contribution in [1.82, 2.24) is 4.57 Å². The van der Waals surface area contributed by atoms with Gasteiger partial charge in [-0.15, -0.1) is 0 Å². The van der Waals surface area contributed by atoms with Crippen LogP contribution < -0.4 is 4.74 Å². The maximum absolute atomic E-state index is 14.1. The molecule has 0 saturated carbocycles. The molecule has 22 heavy (non-hydrogen) atoms. The Hall–Kier alpha value is -2.49. The Morgan fingerprint density at radius 1 is 1.14 bits per heavy atom. The van der Waals surface area contributed by atoms with Gasteiger partial charge in [-0.2, -0.15) is 0 Å². The van der Waals surface area contributed by atoms with Gasteiger partial charge in [0, 0.05) is 23.2 Å². The highest BCUT2D eigenvalue weighted by Crippen LogP contribution is 2.30. The number of ether oxygens (including phenoxy) is 1. The Bertz CT molecular complexity index is 808. The Morgan fingerprint density at radius 3 is 2.64 bits per heavy atom. The molecular formula is C18H18FNO2. The Morgan fingerprint density at radius 2 is 1.91 bits per heavy atom. The summed E-state index contributed by atoms with van der Waals surface area (Å²) >= 11 is 0. The number of phenolic OH excluding ortho intramolecular Hbond substituents is 1. The summed E-state index contributed by atoms with van der Waals surface area (Å²) in [6.45, 7) is 4.30. The Labute approximate surface area is 128 Å². The molecule has 3 rings (SSSR count). The number of hydrogen-bond acceptors (Lipinski definition) is 2. The molecule has 0 aliphatic rings. The van der Waals surface area contributed by atoms with Crippen molar-refractivity contribution >= 4 is 10.9 Å². The second-order valence-corrected chi connectivity index (χ2v) is 5.55. The molecule has 1 heterocycles. The number of aromatic hydroxyl groups is 1. The number of para-hydroxylation sites is 3. The van der Waals surface area contributed by atoms with Crippen molar-refractivity contribution < 1.29 is 14.2 Å². The van der Waals surface area contributed by atoms with E-state index < -0.39 is 0 Å². The van der Waals surface area contributed by atoms with E-state index in [9.17, 15) is 9.50 Å². The van der Waals surface area contributed by atoms with Crippen LogP contribution in [-0.2, 0) is 6.61 Å². The molecule has 0 saturated heterocycles. The van der Waals surface area contributed by atoms with E-state index in [1.54, 1.807) is 30.3 Å². The lowest BCUT2D eigenvalue weighted by molar-refractivity contribution is 0.290. The maximum Gasteiger partial charge on any atom is 0.161 e. The molecule has 0 atom stereocenters. The van der Waals surface area contributed by atoms with Gasteiger partial charge in [-0.25, -0.2) is 4.39 Å². The van der Waals surface area contributed by atoms with Crippen LogP contribution >= 0.6 is 0 Å². The molecule has 0 unspecified atom stereocenters. The molecule has 0 bridgehead atoms. The monoisotopic (exact) mass is 299 g/mol. The fourth-order valence-corrected chi connectivity index (χ4v) is 2.60. The van der Waals surface area contributed by atoms with Gasteiger partial charge in [-0.1, -0.05) is 24.3 Å². The standard InChI is InChI=1S/C18H18FNO2/c1-12(2)20-10-13(14-6-5-7-15(19)18(14)20)11-22-17-9-4-3-8-16(17)21/h3-10,12,21H,11H2,1-2H3.